The molecule has 7 nitrogen and oxygen atoms in total. The highest BCUT2D eigenvalue weighted by Crippen LogP contribution is 2.24. The number of ether oxygens (including phenoxy) is 2. The highest BCUT2D eigenvalue weighted by molar-refractivity contribution is 9.10. The van der Waals surface area contributed by atoms with Gasteiger partial charge in [-0.15, -0.1) is 0 Å². The van der Waals surface area contributed by atoms with Crippen LogP contribution in [0.2, 0.25) is 0 Å². The standard InChI is InChI=1S/C10H14BrN5O2/c1-17-9-6(11)4-14-10(15-9)16-2-3-18-7(5-16)8(12)13/h4,7H,2-3,5H2,1H3,(H3,12,13). The molecule has 1 atom stereocenters. The molecular weight excluding hydrogens is 302 g/mol. The second-order valence-electron chi connectivity index (χ2n) is 3.79. The van der Waals surface area contributed by atoms with Crippen LogP contribution in [-0.4, -0.2) is 48.7 Å². The molecule has 2 rings (SSSR count). The molecule has 1 unspecified atom stereocenters. The summed E-state index contributed by atoms with van der Waals surface area (Å²) in [5, 5.41) is 7.41. The maximum atomic E-state index is 7.41. The fourth-order valence-corrected chi connectivity index (χ4v) is 2.01. The second kappa shape index (κ2) is 5.49. The molecule has 1 aromatic heterocycles. The number of nitrogens with zero attached hydrogens (tertiary/aromatic N) is 3. The first-order valence-corrected chi connectivity index (χ1v) is 6.18. The van der Waals surface area contributed by atoms with Crippen LogP contribution in [0.4, 0.5) is 5.95 Å². The van der Waals surface area contributed by atoms with Crippen molar-refractivity contribution < 1.29 is 9.47 Å². The minimum Gasteiger partial charge on any atom is -0.480 e. The van der Waals surface area contributed by atoms with E-state index in [1.165, 1.54) is 0 Å². The quantitative estimate of drug-likeness (QED) is 0.618. The van der Waals surface area contributed by atoms with E-state index >= 15 is 0 Å². The Kier molecular flexibility index (Phi) is 3.97. The van der Waals surface area contributed by atoms with Crippen LogP contribution < -0.4 is 15.4 Å². The van der Waals surface area contributed by atoms with Gasteiger partial charge in [0.1, 0.15) is 11.9 Å². The zero-order valence-corrected chi connectivity index (χ0v) is 11.5. The maximum absolute atomic E-state index is 7.41. The van der Waals surface area contributed by atoms with Gasteiger partial charge < -0.3 is 20.1 Å². The number of anilines is 1. The van der Waals surface area contributed by atoms with Crippen LogP contribution in [-0.2, 0) is 4.74 Å². The topological polar surface area (TPSA) is 97.4 Å². The molecule has 1 fully saturated rings. The Morgan fingerprint density at radius 2 is 2.50 bits per heavy atom. The molecular formula is C10H14BrN5O2. The Bertz CT molecular complexity index is 456. The molecule has 0 amide bonds. The molecule has 0 saturated carbocycles. The Morgan fingerprint density at radius 1 is 1.72 bits per heavy atom. The summed E-state index contributed by atoms with van der Waals surface area (Å²) < 4.78 is 11.2. The molecule has 1 aromatic rings. The number of hydrogen-bond acceptors (Lipinski definition) is 6. The Morgan fingerprint density at radius 3 is 3.17 bits per heavy atom. The van der Waals surface area contributed by atoms with E-state index in [0.29, 0.717) is 36.0 Å². The number of nitrogens with two attached hydrogens (primary N) is 1. The van der Waals surface area contributed by atoms with Gasteiger partial charge >= 0.3 is 0 Å². The lowest BCUT2D eigenvalue weighted by atomic mass is 10.2. The zero-order valence-electron chi connectivity index (χ0n) is 9.89. The molecule has 0 aliphatic carbocycles. The van der Waals surface area contributed by atoms with Gasteiger partial charge in [-0.1, -0.05) is 0 Å². The molecule has 1 saturated heterocycles. The lowest BCUT2D eigenvalue weighted by molar-refractivity contribution is 0.0819. The van der Waals surface area contributed by atoms with Crippen LogP contribution in [0.3, 0.4) is 0 Å². The number of rotatable bonds is 3. The van der Waals surface area contributed by atoms with E-state index in [2.05, 4.69) is 25.9 Å². The van der Waals surface area contributed by atoms with E-state index in [0.717, 1.165) is 0 Å². The number of amidine groups is 1. The van der Waals surface area contributed by atoms with Crippen molar-refractivity contribution in [3.8, 4) is 5.88 Å². The van der Waals surface area contributed by atoms with Gasteiger partial charge in [-0.25, -0.2) is 4.98 Å². The fourth-order valence-electron chi connectivity index (χ4n) is 1.66. The summed E-state index contributed by atoms with van der Waals surface area (Å²) in [6.45, 7) is 1.63. The van der Waals surface area contributed by atoms with E-state index in [4.69, 9.17) is 20.6 Å². The highest BCUT2D eigenvalue weighted by Gasteiger charge is 2.24. The van der Waals surface area contributed by atoms with E-state index in [1.807, 2.05) is 4.90 Å². The molecule has 0 spiro atoms. The molecule has 8 heteroatoms. The van der Waals surface area contributed by atoms with E-state index < -0.39 is 6.10 Å². The van der Waals surface area contributed by atoms with Crippen LogP contribution in [0, 0.1) is 5.41 Å². The molecule has 18 heavy (non-hydrogen) atoms. The van der Waals surface area contributed by atoms with Gasteiger partial charge in [-0.2, -0.15) is 4.98 Å². The van der Waals surface area contributed by atoms with Gasteiger partial charge in [0.05, 0.1) is 30.9 Å². The fraction of sp³-hybridized carbons (Fsp3) is 0.500. The predicted molar refractivity (Wildman–Crippen MR) is 70.2 cm³/mol. The third kappa shape index (κ3) is 2.70. The first-order chi connectivity index (χ1) is 8.61. The van der Waals surface area contributed by atoms with Crippen LogP contribution in [0.1, 0.15) is 0 Å². The number of hydrogen-bond donors (Lipinski definition) is 2. The average molecular weight is 316 g/mol. The van der Waals surface area contributed by atoms with E-state index in [1.54, 1.807) is 13.3 Å². The molecule has 3 N–H and O–H groups in total. The summed E-state index contributed by atoms with van der Waals surface area (Å²) >= 11 is 3.30. The van der Waals surface area contributed by atoms with Crippen molar-refractivity contribution in [2.75, 3.05) is 31.7 Å². The lowest BCUT2D eigenvalue weighted by Crippen LogP contribution is -2.48. The average Bonchev–Trinajstić information content (AvgIpc) is 2.39. The van der Waals surface area contributed by atoms with Gasteiger partial charge in [-0.3, -0.25) is 5.41 Å². The molecule has 98 valence electrons. The van der Waals surface area contributed by atoms with Gasteiger partial charge in [0, 0.05) is 6.54 Å². The number of halogens is 1. The summed E-state index contributed by atoms with van der Waals surface area (Å²) in [4.78, 5) is 10.4. The molecule has 0 bridgehead atoms. The van der Waals surface area contributed by atoms with E-state index in [-0.39, 0.29) is 5.84 Å². The summed E-state index contributed by atoms with van der Waals surface area (Å²) in [5.74, 6) is 1.04. The second-order valence-corrected chi connectivity index (χ2v) is 4.64. The van der Waals surface area contributed by atoms with Gasteiger partial charge in [-0.05, 0) is 15.9 Å². The van der Waals surface area contributed by atoms with Crippen LogP contribution >= 0.6 is 15.9 Å². The summed E-state index contributed by atoms with van der Waals surface area (Å²) in [6.07, 6.45) is 1.23. The lowest BCUT2D eigenvalue weighted by Gasteiger charge is -2.32. The normalized spacial score (nSPS) is 19.7. The largest absolute Gasteiger partial charge is 0.480 e. The number of methoxy groups -OCH3 is 1. The first kappa shape index (κ1) is 13.0. The van der Waals surface area contributed by atoms with Crippen LogP contribution in [0.5, 0.6) is 5.88 Å². The summed E-state index contributed by atoms with van der Waals surface area (Å²) in [5.41, 5.74) is 5.45. The van der Waals surface area contributed by atoms with Gasteiger partial charge in [0.2, 0.25) is 11.8 Å². The molecule has 2 heterocycles. The molecule has 0 aromatic carbocycles. The van der Waals surface area contributed by atoms with Crippen LogP contribution in [0.25, 0.3) is 0 Å². The predicted octanol–water partition coefficient (Wildman–Crippen LogP) is 0.389. The van der Waals surface area contributed by atoms with Crippen molar-refractivity contribution >= 4 is 27.7 Å². The number of nitrogens with one attached hydrogen (secondary N) is 1. The van der Waals surface area contributed by atoms with Gasteiger partial charge in [0.15, 0.2) is 0 Å². The SMILES string of the molecule is COc1nc(N2CCOC(C(=N)N)C2)ncc1Br. The van der Waals surface area contributed by atoms with Crippen molar-refractivity contribution in [2.24, 2.45) is 5.73 Å². The first-order valence-electron chi connectivity index (χ1n) is 5.39. The van der Waals surface area contributed by atoms with Crippen molar-refractivity contribution in [1.82, 2.24) is 9.97 Å². The van der Waals surface area contributed by atoms with Crippen molar-refractivity contribution in [3.05, 3.63) is 10.7 Å². The summed E-state index contributed by atoms with van der Waals surface area (Å²) in [6, 6.07) is 0. The minimum absolute atomic E-state index is 0.0174. The van der Waals surface area contributed by atoms with Crippen LogP contribution in [0.15, 0.2) is 10.7 Å². The number of morpholine rings is 1. The Labute approximate surface area is 113 Å². The van der Waals surface area contributed by atoms with E-state index in [9.17, 15) is 0 Å². The van der Waals surface area contributed by atoms with Crippen molar-refractivity contribution in [2.45, 2.75) is 6.10 Å². The third-order valence-corrected chi connectivity index (χ3v) is 3.13. The minimum atomic E-state index is -0.406. The smallest absolute Gasteiger partial charge is 0.232 e. The number of aromatic nitrogens is 2. The van der Waals surface area contributed by atoms with Gasteiger partial charge in [0.25, 0.3) is 0 Å². The molecule has 0 radical (unpaired) electrons. The highest BCUT2D eigenvalue weighted by atomic mass is 79.9. The molecule has 1 aliphatic heterocycles. The molecule has 1 aliphatic rings. The van der Waals surface area contributed by atoms with Crippen molar-refractivity contribution in [3.63, 3.8) is 0 Å². The monoisotopic (exact) mass is 315 g/mol. The third-order valence-electron chi connectivity index (χ3n) is 2.59. The maximum Gasteiger partial charge on any atom is 0.232 e. The summed E-state index contributed by atoms with van der Waals surface area (Å²) in [7, 11) is 1.55. The van der Waals surface area contributed by atoms with Crippen molar-refractivity contribution in [1.29, 1.82) is 5.41 Å². The Hall–Kier alpha value is -1.41. The zero-order chi connectivity index (χ0) is 13.1. The Balaban J connectivity index is 2.18.